The molecule has 45 valence electrons. The van der Waals surface area contributed by atoms with Crippen molar-refractivity contribution < 1.29 is 18.3 Å². The summed E-state index contributed by atoms with van der Waals surface area (Å²) in [5, 5.41) is 0. The third-order valence-electron chi connectivity index (χ3n) is 1.12. The number of aryl methyl sites for hydroxylation is 1. The summed E-state index contributed by atoms with van der Waals surface area (Å²) < 4.78 is 1.45. The van der Waals surface area contributed by atoms with Gasteiger partial charge in [0.1, 0.15) is 0 Å². The van der Waals surface area contributed by atoms with Crippen molar-refractivity contribution in [3.05, 3.63) is 29.8 Å². The zero-order chi connectivity index (χ0) is 5.98. The molecule has 0 aliphatic carbocycles. The summed E-state index contributed by atoms with van der Waals surface area (Å²) in [6, 6.07) is 8.66. The molecule has 0 saturated heterocycles. The maximum absolute atomic E-state index is 2.18. The first-order valence-corrected chi connectivity index (χ1v) is 4.16. The Bertz CT molecular complexity index is 148. The Kier molecular flexibility index (Phi) is 4.09. The van der Waals surface area contributed by atoms with Crippen molar-refractivity contribution in [3.63, 3.8) is 0 Å². The fourth-order valence-corrected chi connectivity index (χ4v) is 1.08. The SMILES string of the molecule is Cc1cc[c]([Zn])cc1.Cl. The van der Waals surface area contributed by atoms with E-state index in [-0.39, 0.29) is 12.4 Å². The van der Waals surface area contributed by atoms with Gasteiger partial charge in [-0.25, -0.2) is 0 Å². The van der Waals surface area contributed by atoms with Crippen molar-refractivity contribution in [2.24, 2.45) is 0 Å². The van der Waals surface area contributed by atoms with Crippen LogP contribution >= 0.6 is 12.4 Å². The Morgan fingerprint density at radius 2 is 1.56 bits per heavy atom. The maximum Gasteiger partial charge on any atom is -0.147 e. The molecule has 0 bridgehead atoms. The van der Waals surface area contributed by atoms with E-state index in [2.05, 4.69) is 31.2 Å². The quantitative estimate of drug-likeness (QED) is 0.548. The number of benzene rings is 1. The smallest absolute Gasteiger partial charge is 0.147 e. The summed E-state index contributed by atoms with van der Waals surface area (Å²) in [6.45, 7) is 2.11. The molecule has 0 spiro atoms. The van der Waals surface area contributed by atoms with Gasteiger partial charge < -0.3 is 0 Å². The first-order valence-electron chi connectivity index (χ1n) is 2.67. The Hall–Kier alpha value is 0.133. The second-order valence-electron chi connectivity index (χ2n) is 1.99. The van der Waals surface area contributed by atoms with E-state index in [9.17, 15) is 0 Å². The van der Waals surface area contributed by atoms with E-state index in [0.717, 1.165) is 0 Å². The summed E-state index contributed by atoms with van der Waals surface area (Å²) in [4.78, 5) is 0. The molecule has 2 heteroatoms. The van der Waals surface area contributed by atoms with Crippen molar-refractivity contribution in [2.45, 2.75) is 6.92 Å². The Morgan fingerprint density at radius 3 is 1.89 bits per heavy atom. The summed E-state index contributed by atoms with van der Waals surface area (Å²) in [5.74, 6) is 0. The number of rotatable bonds is 0. The monoisotopic (exact) mass is 191 g/mol. The van der Waals surface area contributed by atoms with Crippen LogP contribution in [-0.4, -0.2) is 0 Å². The minimum absolute atomic E-state index is 0. The molecule has 0 nitrogen and oxygen atoms in total. The maximum atomic E-state index is 2.18. The molecule has 1 aromatic carbocycles. The molecule has 0 atom stereocenters. The van der Waals surface area contributed by atoms with Crippen molar-refractivity contribution in [1.29, 1.82) is 0 Å². The second kappa shape index (κ2) is 4.03. The summed E-state index contributed by atoms with van der Waals surface area (Å²) in [6.07, 6.45) is 0. The van der Waals surface area contributed by atoms with E-state index in [0.29, 0.717) is 0 Å². The van der Waals surface area contributed by atoms with Crippen LogP contribution in [0.15, 0.2) is 24.3 Å². The van der Waals surface area contributed by atoms with Crippen LogP contribution in [0.25, 0.3) is 0 Å². The van der Waals surface area contributed by atoms with Gasteiger partial charge in [-0.2, -0.15) is 0 Å². The van der Waals surface area contributed by atoms with Gasteiger partial charge in [0.15, 0.2) is 0 Å². The second-order valence-corrected chi connectivity index (χ2v) is 3.70. The van der Waals surface area contributed by atoms with Gasteiger partial charge in [-0.3, -0.25) is 0 Å². The van der Waals surface area contributed by atoms with Crippen molar-refractivity contribution in [1.82, 2.24) is 0 Å². The molecule has 0 aliphatic heterocycles. The van der Waals surface area contributed by atoms with Crippen LogP contribution in [-0.2, 0) is 18.3 Å². The molecule has 1 aromatic rings. The molecule has 0 aliphatic rings. The van der Waals surface area contributed by atoms with Crippen molar-refractivity contribution in [2.75, 3.05) is 0 Å². The fourth-order valence-electron chi connectivity index (χ4n) is 0.588. The Labute approximate surface area is 71.7 Å². The zero-order valence-corrected chi connectivity index (χ0v) is 9.21. The van der Waals surface area contributed by atoms with Gasteiger partial charge >= 0.3 is 59.2 Å². The van der Waals surface area contributed by atoms with Gasteiger partial charge in [-0.1, -0.05) is 0 Å². The zero-order valence-electron chi connectivity index (χ0n) is 5.42. The van der Waals surface area contributed by atoms with Crippen LogP contribution in [0, 0.1) is 6.92 Å². The average molecular weight is 193 g/mol. The van der Waals surface area contributed by atoms with E-state index in [4.69, 9.17) is 0 Å². The molecule has 1 rings (SSSR count). The van der Waals surface area contributed by atoms with Gasteiger partial charge in [-0.15, -0.1) is 12.4 Å². The van der Waals surface area contributed by atoms with E-state index in [1.807, 2.05) is 0 Å². The van der Waals surface area contributed by atoms with Crippen molar-refractivity contribution in [3.8, 4) is 0 Å². The average Bonchev–Trinajstić information content (AvgIpc) is 1.77. The van der Waals surface area contributed by atoms with Crippen LogP contribution in [0.2, 0.25) is 0 Å². The molecular formula is C7H8ClZn. The molecule has 0 amide bonds. The summed E-state index contributed by atoms with van der Waals surface area (Å²) in [5.41, 5.74) is 1.35. The predicted molar refractivity (Wildman–Crippen MR) is 38.1 cm³/mol. The van der Waals surface area contributed by atoms with Gasteiger partial charge in [0.05, 0.1) is 0 Å². The van der Waals surface area contributed by atoms with Crippen LogP contribution in [0.4, 0.5) is 0 Å². The number of halogens is 1. The first kappa shape index (κ1) is 9.13. The van der Waals surface area contributed by atoms with Crippen LogP contribution in [0.5, 0.6) is 0 Å². The molecule has 0 fully saturated rings. The van der Waals surface area contributed by atoms with E-state index < -0.39 is 0 Å². The molecule has 0 N–H and O–H groups in total. The third-order valence-corrected chi connectivity index (χ3v) is 2.11. The molecule has 0 heterocycles. The Morgan fingerprint density at radius 1 is 1.11 bits per heavy atom. The normalized spacial score (nSPS) is 8.33. The summed E-state index contributed by atoms with van der Waals surface area (Å²) >= 11 is 1.26. The molecule has 0 radical (unpaired) electrons. The van der Waals surface area contributed by atoms with Gasteiger partial charge in [0.2, 0.25) is 0 Å². The van der Waals surface area contributed by atoms with Crippen LogP contribution in [0.1, 0.15) is 5.56 Å². The van der Waals surface area contributed by atoms with E-state index in [1.165, 1.54) is 28.0 Å². The largest absolute Gasteiger partial charge is 0.147 e. The minimum atomic E-state index is 0. The Balaban J connectivity index is 0.000000640. The summed E-state index contributed by atoms with van der Waals surface area (Å²) in [7, 11) is 0. The van der Waals surface area contributed by atoms with E-state index in [1.54, 1.807) is 0 Å². The van der Waals surface area contributed by atoms with Crippen molar-refractivity contribution >= 4 is 16.6 Å². The number of hydrogen-bond donors (Lipinski definition) is 0. The standard InChI is InChI=1S/C7H7.ClH.Zn/c1-7-5-3-2-4-6-7;;/h3-6H,1H3;1H;. The first-order chi connectivity index (χ1) is 3.79. The topological polar surface area (TPSA) is 0 Å². The van der Waals surface area contributed by atoms with Gasteiger partial charge in [-0.05, 0) is 0 Å². The minimum Gasteiger partial charge on any atom is -0.147 e. The number of hydrogen-bond acceptors (Lipinski definition) is 0. The molecular weight excluding hydrogens is 185 g/mol. The third kappa shape index (κ3) is 2.98. The van der Waals surface area contributed by atoms with Gasteiger partial charge in [0.25, 0.3) is 0 Å². The molecule has 0 unspecified atom stereocenters. The molecule has 0 saturated carbocycles. The van der Waals surface area contributed by atoms with E-state index >= 15 is 0 Å². The fraction of sp³-hybridized carbons (Fsp3) is 0.143. The molecule has 0 aromatic heterocycles. The predicted octanol–water partition coefficient (Wildman–Crippen LogP) is 1.59. The molecule has 9 heavy (non-hydrogen) atoms. The van der Waals surface area contributed by atoms with Gasteiger partial charge in [0, 0.05) is 0 Å². The van der Waals surface area contributed by atoms with Crippen LogP contribution in [0.3, 0.4) is 0 Å². The van der Waals surface area contributed by atoms with Crippen LogP contribution < -0.4 is 4.16 Å².